The van der Waals surface area contributed by atoms with E-state index in [4.69, 9.17) is 37.4 Å². The Morgan fingerprint density at radius 3 is 2.26 bits per heavy atom. The van der Waals surface area contributed by atoms with Gasteiger partial charge in [-0.25, -0.2) is 0 Å². The summed E-state index contributed by atoms with van der Waals surface area (Å²) in [6.45, 7) is 0. The van der Waals surface area contributed by atoms with E-state index in [1.807, 2.05) is 0 Å². The van der Waals surface area contributed by atoms with Gasteiger partial charge in [0, 0.05) is 29.3 Å². The van der Waals surface area contributed by atoms with E-state index in [-0.39, 0.29) is 12.1 Å². The molecule has 1 amide bonds. The molecule has 6 nitrogen and oxygen atoms in total. The van der Waals surface area contributed by atoms with E-state index in [1.165, 1.54) is 0 Å². The van der Waals surface area contributed by atoms with Crippen LogP contribution in [0.25, 0.3) is 0 Å². The molecule has 1 N–H and O–H groups in total. The lowest BCUT2D eigenvalue weighted by atomic mass is 10.2. The zero-order valence-electron chi connectivity index (χ0n) is 15.2. The highest BCUT2D eigenvalue weighted by molar-refractivity contribution is 6.36. The molecule has 8 heteroatoms. The van der Waals surface area contributed by atoms with Crippen molar-refractivity contribution >= 4 is 40.5 Å². The molecule has 0 radical (unpaired) electrons. The first-order chi connectivity index (χ1) is 13.0. The maximum Gasteiger partial charge on any atom is 0.228 e. The van der Waals surface area contributed by atoms with Crippen LogP contribution in [0.2, 0.25) is 10.0 Å². The highest BCUT2D eigenvalue weighted by Crippen LogP contribution is 2.41. The Morgan fingerprint density at radius 1 is 1.04 bits per heavy atom. The third kappa shape index (κ3) is 3.87. The highest BCUT2D eigenvalue weighted by Gasteiger charge is 2.33. The van der Waals surface area contributed by atoms with Gasteiger partial charge < -0.3 is 19.5 Å². The van der Waals surface area contributed by atoms with Crippen LogP contribution in [0.15, 0.2) is 30.3 Å². The quantitative estimate of drug-likeness (QED) is 0.754. The van der Waals surface area contributed by atoms with E-state index < -0.39 is 0 Å². The molecule has 0 aromatic heterocycles. The van der Waals surface area contributed by atoms with E-state index in [0.29, 0.717) is 45.8 Å². The van der Waals surface area contributed by atoms with Crippen molar-refractivity contribution in [2.45, 2.75) is 19.0 Å². The molecule has 0 aliphatic carbocycles. The van der Waals surface area contributed by atoms with Crippen molar-refractivity contribution in [2.24, 2.45) is 0 Å². The van der Waals surface area contributed by atoms with Crippen molar-refractivity contribution in [2.75, 3.05) is 31.5 Å². The van der Waals surface area contributed by atoms with Gasteiger partial charge in [0.1, 0.15) is 6.17 Å². The van der Waals surface area contributed by atoms with Crippen LogP contribution in [0.5, 0.6) is 17.2 Å². The number of halogens is 2. The summed E-state index contributed by atoms with van der Waals surface area (Å²) < 4.78 is 16.1. The highest BCUT2D eigenvalue weighted by atomic mass is 35.5. The fourth-order valence-electron chi connectivity index (χ4n) is 3.16. The third-order valence-corrected chi connectivity index (χ3v) is 4.92. The number of carbonyl (C=O) groups is 1. The normalized spacial score (nSPS) is 16.4. The summed E-state index contributed by atoms with van der Waals surface area (Å²) in [5.74, 6) is 1.55. The molecular formula is C19H20Cl2N2O4. The number of hydrogen-bond acceptors (Lipinski definition) is 5. The van der Waals surface area contributed by atoms with Crippen molar-refractivity contribution in [3.8, 4) is 17.2 Å². The van der Waals surface area contributed by atoms with Crippen LogP contribution < -0.4 is 24.4 Å². The smallest absolute Gasteiger partial charge is 0.228 e. The summed E-state index contributed by atoms with van der Waals surface area (Å²) in [7, 11) is 4.66. The number of carbonyl (C=O) groups excluding carboxylic acids is 1. The van der Waals surface area contributed by atoms with Crippen LogP contribution in [0.4, 0.5) is 11.4 Å². The van der Waals surface area contributed by atoms with Crippen LogP contribution in [0.3, 0.4) is 0 Å². The van der Waals surface area contributed by atoms with Crippen LogP contribution in [-0.2, 0) is 4.79 Å². The van der Waals surface area contributed by atoms with Crippen molar-refractivity contribution in [3.05, 3.63) is 40.4 Å². The molecule has 1 saturated heterocycles. The Kier molecular flexibility index (Phi) is 5.87. The largest absolute Gasteiger partial charge is 0.493 e. The Hall–Kier alpha value is -2.31. The van der Waals surface area contributed by atoms with Crippen LogP contribution in [0, 0.1) is 0 Å². The van der Waals surface area contributed by atoms with E-state index in [2.05, 4.69) is 5.32 Å². The Labute approximate surface area is 167 Å². The number of amides is 1. The molecule has 2 aromatic carbocycles. The topological polar surface area (TPSA) is 60.0 Å². The predicted molar refractivity (Wildman–Crippen MR) is 107 cm³/mol. The van der Waals surface area contributed by atoms with Gasteiger partial charge in [-0.05, 0) is 24.6 Å². The summed E-state index contributed by atoms with van der Waals surface area (Å²) in [5.41, 5.74) is 1.35. The number of anilines is 2. The summed E-state index contributed by atoms with van der Waals surface area (Å²) in [4.78, 5) is 14.1. The first kappa shape index (κ1) is 19.5. The average molecular weight is 411 g/mol. The van der Waals surface area contributed by atoms with E-state index in [1.54, 1.807) is 56.6 Å². The molecule has 1 fully saturated rings. The van der Waals surface area contributed by atoms with Gasteiger partial charge in [-0.3, -0.25) is 9.69 Å². The third-order valence-electron chi connectivity index (χ3n) is 4.38. The monoisotopic (exact) mass is 410 g/mol. The Balaban J connectivity index is 1.93. The second kappa shape index (κ2) is 8.15. The van der Waals surface area contributed by atoms with Gasteiger partial charge in [0.2, 0.25) is 11.7 Å². The van der Waals surface area contributed by atoms with E-state index >= 15 is 0 Å². The van der Waals surface area contributed by atoms with Crippen molar-refractivity contribution in [1.29, 1.82) is 0 Å². The van der Waals surface area contributed by atoms with Crippen LogP contribution >= 0.6 is 23.2 Å². The second-order valence-electron chi connectivity index (χ2n) is 5.97. The van der Waals surface area contributed by atoms with Gasteiger partial charge in [0.15, 0.2) is 11.5 Å². The van der Waals surface area contributed by atoms with Gasteiger partial charge >= 0.3 is 0 Å². The summed E-state index contributed by atoms with van der Waals surface area (Å²) in [6.07, 6.45) is 0.786. The molecule has 3 rings (SSSR count). The number of hydrogen-bond donors (Lipinski definition) is 1. The maximum atomic E-state index is 12.5. The van der Waals surface area contributed by atoms with Gasteiger partial charge in [-0.1, -0.05) is 23.2 Å². The van der Waals surface area contributed by atoms with Gasteiger partial charge in [-0.15, -0.1) is 0 Å². The zero-order valence-corrected chi connectivity index (χ0v) is 16.7. The molecule has 144 valence electrons. The number of ether oxygens (including phenoxy) is 3. The minimum atomic E-state index is -0.265. The number of nitrogens with one attached hydrogen (secondary N) is 1. The molecule has 0 bridgehead atoms. The molecular weight excluding hydrogens is 391 g/mol. The maximum absolute atomic E-state index is 12.5. The molecule has 1 heterocycles. The lowest BCUT2D eigenvalue weighted by Crippen LogP contribution is -2.38. The zero-order chi connectivity index (χ0) is 19.6. The van der Waals surface area contributed by atoms with Crippen LogP contribution in [0.1, 0.15) is 12.8 Å². The summed E-state index contributed by atoms with van der Waals surface area (Å²) >= 11 is 12.3. The van der Waals surface area contributed by atoms with Crippen LogP contribution in [-0.4, -0.2) is 33.4 Å². The molecule has 0 spiro atoms. The predicted octanol–water partition coefficient (Wildman–Crippen LogP) is 4.58. The standard InChI is InChI=1S/C19H20Cl2N2O4/c1-25-15-9-12(10-16(26-2)19(15)27-3)22-17-6-7-18(24)23(17)14-5-4-11(20)8-13(14)21/h4-5,8-10,17,22H,6-7H2,1-3H3. The molecule has 1 aliphatic heterocycles. The molecule has 27 heavy (non-hydrogen) atoms. The average Bonchev–Trinajstić information content (AvgIpc) is 3.01. The SMILES string of the molecule is COc1cc(NC2CCC(=O)N2c2ccc(Cl)cc2Cl)cc(OC)c1OC. The molecule has 2 aromatic rings. The fraction of sp³-hybridized carbons (Fsp3) is 0.316. The van der Waals surface area contributed by atoms with Gasteiger partial charge in [0.05, 0.1) is 32.0 Å². The number of rotatable bonds is 6. The number of nitrogens with zero attached hydrogens (tertiary/aromatic N) is 1. The lowest BCUT2D eigenvalue weighted by Gasteiger charge is -2.28. The first-order valence-electron chi connectivity index (χ1n) is 8.32. The summed E-state index contributed by atoms with van der Waals surface area (Å²) in [6, 6.07) is 8.68. The fourth-order valence-corrected chi connectivity index (χ4v) is 3.66. The molecule has 1 atom stereocenters. The van der Waals surface area contributed by atoms with Crippen molar-refractivity contribution in [3.63, 3.8) is 0 Å². The Morgan fingerprint density at radius 2 is 1.70 bits per heavy atom. The molecule has 1 unspecified atom stereocenters. The number of benzene rings is 2. The van der Waals surface area contributed by atoms with E-state index in [0.717, 1.165) is 5.69 Å². The molecule has 1 aliphatic rings. The van der Waals surface area contributed by atoms with Crippen molar-refractivity contribution < 1.29 is 19.0 Å². The molecule has 0 saturated carbocycles. The summed E-state index contributed by atoms with van der Waals surface area (Å²) in [5, 5.41) is 4.30. The van der Waals surface area contributed by atoms with E-state index in [9.17, 15) is 4.79 Å². The van der Waals surface area contributed by atoms with Gasteiger partial charge in [-0.2, -0.15) is 0 Å². The Bertz CT molecular complexity index is 835. The van der Waals surface area contributed by atoms with Gasteiger partial charge in [0.25, 0.3) is 0 Å². The number of methoxy groups -OCH3 is 3. The minimum Gasteiger partial charge on any atom is -0.493 e. The minimum absolute atomic E-state index is 0.0100. The van der Waals surface area contributed by atoms with Crippen molar-refractivity contribution in [1.82, 2.24) is 0 Å². The first-order valence-corrected chi connectivity index (χ1v) is 9.07. The lowest BCUT2D eigenvalue weighted by molar-refractivity contribution is -0.117. The second-order valence-corrected chi connectivity index (χ2v) is 6.82.